The number of anilines is 1. The number of aromatic nitrogens is 1. The lowest BCUT2D eigenvalue weighted by atomic mass is 9.81. The number of piperidine rings is 1. The quantitative estimate of drug-likeness (QED) is 0.286. The molecule has 0 amide bonds. The molecular formula is C36H45ClFN3O3. The van der Waals surface area contributed by atoms with Gasteiger partial charge in [-0.25, -0.2) is 9.18 Å². The molecule has 8 heteroatoms. The maximum absolute atomic E-state index is 14.5. The first kappa shape index (κ1) is 32.4. The summed E-state index contributed by atoms with van der Waals surface area (Å²) in [6.07, 6.45) is 1.69. The molecule has 0 bridgehead atoms. The number of rotatable bonds is 7. The smallest absolute Gasteiger partial charge is 0.337 e. The first-order valence-corrected chi connectivity index (χ1v) is 16.0. The molecule has 44 heavy (non-hydrogen) atoms. The molecule has 0 saturated carbocycles. The number of ether oxygens (including phenoxy) is 1. The summed E-state index contributed by atoms with van der Waals surface area (Å²) in [4.78, 5) is 22.3. The molecule has 1 unspecified atom stereocenters. The maximum Gasteiger partial charge on any atom is 0.337 e. The number of aryl methyl sites for hydroxylation is 2. The first-order chi connectivity index (χ1) is 20.6. The summed E-state index contributed by atoms with van der Waals surface area (Å²) in [5, 5.41) is 10.9. The van der Waals surface area contributed by atoms with Crippen molar-refractivity contribution >= 4 is 23.3 Å². The van der Waals surface area contributed by atoms with Crippen LogP contribution in [0.2, 0.25) is 5.02 Å². The monoisotopic (exact) mass is 621 g/mol. The summed E-state index contributed by atoms with van der Waals surface area (Å²) in [6, 6.07) is 11.3. The van der Waals surface area contributed by atoms with Gasteiger partial charge in [-0.1, -0.05) is 49.7 Å². The highest BCUT2D eigenvalue weighted by atomic mass is 35.5. The fourth-order valence-corrected chi connectivity index (χ4v) is 6.79. The fourth-order valence-electron chi connectivity index (χ4n) is 6.56. The molecular weight excluding hydrogens is 577 g/mol. The van der Waals surface area contributed by atoms with E-state index in [9.17, 15) is 14.3 Å². The molecule has 1 atom stereocenters. The third-order valence-electron chi connectivity index (χ3n) is 9.00. The van der Waals surface area contributed by atoms with Gasteiger partial charge in [-0.15, -0.1) is 0 Å². The standard InChI is InChI=1S/C36H45ClFN3O3/c1-22-30(25-11-12-26-20-40(16-13-24(26)19-25)21-27-28(37)9-8-10-29(27)38)32(41-17-14-36(6,7)15-18-41)31(23(2)39-22)33(34(42)43)44-35(3,4)5/h8-12,19,33H,13-18,20-21H2,1-7H3,(H,42,43). The van der Waals surface area contributed by atoms with E-state index in [1.807, 2.05) is 34.6 Å². The van der Waals surface area contributed by atoms with E-state index in [1.165, 1.54) is 17.2 Å². The highest BCUT2D eigenvalue weighted by molar-refractivity contribution is 6.31. The van der Waals surface area contributed by atoms with Gasteiger partial charge in [-0.05, 0) is 88.1 Å². The van der Waals surface area contributed by atoms with Gasteiger partial charge < -0.3 is 14.7 Å². The van der Waals surface area contributed by atoms with Crippen LogP contribution >= 0.6 is 11.6 Å². The SMILES string of the molecule is Cc1nc(C)c(C(OC(C)(C)C)C(=O)O)c(N2CCC(C)(C)CC2)c1-c1ccc2c(c1)CCN(Cc1c(F)cccc1Cl)C2. The minimum absolute atomic E-state index is 0.229. The van der Waals surface area contributed by atoms with Crippen molar-refractivity contribution in [2.45, 2.75) is 92.5 Å². The fraction of sp³-hybridized carbons (Fsp3) is 0.500. The Morgan fingerprint density at radius 3 is 2.43 bits per heavy atom. The summed E-state index contributed by atoms with van der Waals surface area (Å²) in [7, 11) is 0. The number of hydrogen-bond acceptors (Lipinski definition) is 5. The van der Waals surface area contributed by atoms with E-state index in [2.05, 4.69) is 41.8 Å². The van der Waals surface area contributed by atoms with Gasteiger partial charge >= 0.3 is 5.97 Å². The van der Waals surface area contributed by atoms with Crippen LogP contribution in [-0.2, 0) is 29.0 Å². The van der Waals surface area contributed by atoms with E-state index in [0.29, 0.717) is 34.9 Å². The predicted octanol–water partition coefficient (Wildman–Crippen LogP) is 8.28. The van der Waals surface area contributed by atoms with Crippen LogP contribution in [0.25, 0.3) is 11.1 Å². The minimum Gasteiger partial charge on any atom is -0.479 e. The van der Waals surface area contributed by atoms with E-state index >= 15 is 0 Å². The van der Waals surface area contributed by atoms with Gasteiger partial charge in [0.05, 0.1) is 11.3 Å². The van der Waals surface area contributed by atoms with Crippen LogP contribution in [0.4, 0.5) is 10.1 Å². The van der Waals surface area contributed by atoms with Crippen LogP contribution in [0.1, 0.15) is 87.2 Å². The molecule has 2 aliphatic rings. The van der Waals surface area contributed by atoms with Crippen LogP contribution in [-0.4, -0.2) is 46.2 Å². The van der Waals surface area contributed by atoms with Crippen LogP contribution in [0, 0.1) is 25.1 Å². The number of carboxylic acid groups (broad SMARTS) is 1. The van der Waals surface area contributed by atoms with Gasteiger partial charge in [-0.2, -0.15) is 0 Å². The van der Waals surface area contributed by atoms with Crippen molar-refractivity contribution in [3.63, 3.8) is 0 Å². The number of carboxylic acids is 1. The second-order valence-electron chi connectivity index (χ2n) is 14.2. The molecule has 0 radical (unpaired) electrons. The van der Waals surface area contributed by atoms with Gasteiger partial charge in [0.1, 0.15) is 5.82 Å². The molecule has 3 heterocycles. The van der Waals surface area contributed by atoms with E-state index in [4.69, 9.17) is 21.3 Å². The first-order valence-electron chi connectivity index (χ1n) is 15.6. The van der Waals surface area contributed by atoms with Gasteiger partial charge in [0.2, 0.25) is 0 Å². The molecule has 6 nitrogen and oxygen atoms in total. The molecule has 1 saturated heterocycles. The number of halogens is 2. The Balaban J connectivity index is 1.57. The summed E-state index contributed by atoms with van der Waals surface area (Å²) >= 11 is 6.33. The lowest BCUT2D eigenvalue weighted by molar-refractivity contribution is -0.160. The van der Waals surface area contributed by atoms with Crippen LogP contribution < -0.4 is 4.90 Å². The minimum atomic E-state index is -1.15. The Labute approximate surface area is 266 Å². The van der Waals surface area contributed by atoms with Crippen molar-refractivity contribution in [1.29, 1.82) is 0 Å². The Morgan fingerprint density at radius 2 is 1.80 bits per heavy atom. The van der Waals surface area contributed by atoms with Crippen LogP contribution in [0.15, 0.2) is 36.4 Å². The molecule has 236 valence electrons. The molecule has 0 aliphatic carbocycles. The summed E-state index contributed by atoms with van der Waals surface area (Å²) in [6.45, 7) is 17.8. The summed E-state index contributed by atoms with van der Waals surface area (Å²) in [5.74, 6) is -1.29. The summed E-state index contributed by atoms with van der Waals surface area (Å²) in [5.41, 5.74) is 7.66. The number of hydrogen-bond donors (Lipinski definition) is 1. The van der Waals surface area contributed by atoms with Crippen molar-refractivity contribution in [2.24, 2.45) is 5.41 Å². The molecule has 2 aromatic carbocycles. The number of fused-ring (bicyclic) bond motifs is 1. The van der Waals surface area contributed by atoms with Crippen molar-refractivity contribution < 1.29 is 19.0 Å². The highest BCUT2D eigenvalue weighted by Crippen LogP contribution is 2.45. The molecule has 2 aliphatic heterocycles. The predicted molar refractivity (Wildman–Crippen MR) is 175 cm³/mol. The average molecular weight is 622 g/mol. The molecule has 5 rings (SSSR count). The third-order valence-corrected chi connectivity index (χ3v) is 9.35. The molecule has 0 spiro atoms. The molecule has 3 aromatic rings. The lowest BCUT2D eigenvalue weighted by Gasteiger charge is -2.41. The zero-order valence-corrected chi connectivity index (χ0v) is 27.8. The van der Waals surface area contributed by atoms with Gasteiger partial charge in [0, 0.05) is 65.8 Å². The number of nitrogens with zero attached hydrogens (tertiary/aromatic N) is 3. The number of aliphatic carboxylic acids is 1. The Morgan fingerprint density at radius 1 is 1.09 bits per heavy atom. The Bertz CT molecular complexity index is 1530. The Hall–Kier alpha value is -3.00. The van der Waals surface area contributed by atoms with Crippen LogP contribution in [0.5, 0.6) is 0 Å². The highest BCUT2D eigenvalue weighted by Gasteiger charge is 2.36. The lowest BCUT2D eigenvalue weighted by Crippen LogP contribution is -2.39. The topological polar surface area (TPSA) is 65.9 Å². The van der Waals surface area contributed by atoms with Gasteiger partial charge in [-0.3, -0.25) is 9.88 Å². The van der Waals surface area contributed by atoms with E-state index in [1.54, 1.807) is 12.1 Å². The second-order valence-corrected chi connectivity index (χ2v) is 14.6. The van der Waals surface area contributed by atoms with Gasteiger partial charge in [0.25, 0.3) is 0 Å². The summed E-state index contributed by atoms with van der Waals surface area (Å²) < 4.78 is 20.7. The number of carbonyl (C=O) groups is 1. The third kappa shape index (κ3) is 6.95. The molecule has 1 aromatic heterocycles. The van der Waals surface area contributed by atoms with Crippen molar-refractivity contribution in [3.05, 3.63) is 80.9 Å². The normalized spacial score (nSPS) is 17.8. The van der Waals surface area contributed by atoms with E-state index in [-0.39, 0.29) is 11.2 Å². The second kappa shape index (κ2) is 12.4. The average Bonchev–Trinajstić information content (AvgIpc) is 2.93. The zero-order chi connectivity index (χ0) is 32.0. The molecule has 1 fully saturated rings. The number of benzene rings is 2. The van der Waals surface area contributed by atoms with Crippen molar-refractivity contribution in [1.82, 2.24) is 9.88 Å². The zero-order valence-electron chi connectivity index (χ0n) is 27.1. The van der Waals surface area contributed by atoms with Crippen LogP contribution in [0.3, 0.4) is 0 Å². The van der Waals surface area contributed by atoms with E-state index < -0.39 is 17.7 Å². The molecule has 1 N–H and O–H groups in total. The van der Waals surface area contributed by atoms with E-state index in [0.717, 1.165) is 61.4 Å². The van der Waals surface area contributed by atoms with Gasteiger partial charge in [0.15, 0.2) is 6.10 Å². The van der Waals surface area contributed by atoms with Crippen molar-refractivity contribution in [2.75, 3.05) is 24.5 Å². The Kier molecular flexibility index (Phi) is 9.14. The van der Waals surface area contributed by atoms with Crippen molar-refractivity contribution in [3.8, 4) is 11.1 Å². The maximum atomic E-state index is 14.5. The largest absolute Gasteiger partial charge is 0.479 e. The number of pyridine rings is 1.